The molecule has 0 unspecified atom stereocenters. The Morgan fingerprint density at radius 2 is 0.429 bits per heavy atom. The smallest absolute Gasteiger partial charge is 1.00 e. The average Bonchev–Trinajstić information content (AvgIpc) is 0. The summed E-state index contributed by atoms with van der Waals surface area (Å²) in [7, 11) is 0. The van der Waals surface area contributed by atoms with Gasteiger partial charge in [0.05, 0.1) is 0 Å². The molecule has 0 bridgehead atoms. The van der Waals surface area contributed by atoms with Crippen molar-refractivity contribution in [2.24, 2.45) is 0 Å². The van der Waals surface area contributed by atoms with Crippen molar-refractivity contribution < 1.29 is 0 Å². The van der Waals surface area contributed by atoms with Crippen LogP contribution in [-0.2, 0) is 0 Å². The molecule has 0 heterocycles. The summed E-state index contributed by atoms with van der Waals surface area (Å²) in [5, 5.41) is 0. The van der Waals surface area contributed by atoms with E-state index in [4.69, 9.17) is 0 Å². The largest absolute Gasteiger partial charge is 3.00 e. The van der Waals surface area contributed by atoms with Gasteiger partial charge in [-0.05, 0) is 0 Å². The Morgan fingerprint density at radius 3 is 0.429 bits per heavy atom. The van der Waals surface area contributed by atoms with Crippen molar-refractivity contribution in [3.05, 3.63) is 6.15 Å². The number of hydrogen-bond acceptors (Lipinski definition) is 0. The van der Waals surface area contributed by atoms with E-state index >= 15 is 0 Å². The minimum Gasteiger partial charge on any atom is -3.00 e. The fourth-order valence-electron chi connectivity index (χ4n) is 0. The minimum atomic E-state index is 0. The zero-order chi connectivity index (χ0) is 0. The molecule has 0 fully saturated rings. The van der Waals surface area contributed by atoms with Gasteiger partial charge in [0.15, 0.2) is 0 Å². The summed E-state index contributed by atoms with van der Waals surface area (Å²) in [5.41, 5.74) is 0. The molecule has 3 radical (unpaired) electrons. The van der Waals surface area contributed by atoms with Gasteiger partial charge in [0.2, 0.25) is 0 Å². The predicted octanol–water partition coefficient (Wildman–Crippen LogP) is -2.00. The molecule has 0 atom stereocenters. The van der Waals surface area contributed by atoms with E-state index in [1.807, 2.05) is 0 Å². The number of rotatable bonds is 0. The van der Waals surface area contributed by atoms with Crippen molar-refractivity contribution in [3.8, 4) is 0 Å². The maximum atomic E-state index is 0. The molecule has 23 valence electrons. The van der Waals surface area contributed by atoms with Gasteiger partial charge in [-0.25, -0.2) is 0 Å². The van der Waals surface area contributed by atoms with Crippen LogP contribution >= 0.6 is 0 Å². The Labute approximate surface area is 165 Å². The molecule has 0 aliphatic heterocycles. The van der Waals surface area contributed by atoms with Crippen molar-refractivity contribution >= 4 is 164 Å². The molecule has 0 aromatic heterocycles. The molecule has 1 nitrogen and oxygen atoms in total. The molecule has 7 heavy (non-hydrogen) atoms. The van der Waals surface area contributed by atoms with Crippen LogP contribution in [0.15, 0.2) is 0 Å². The van der Waals surface area contributed by atoms with E-state index in [0.717, 1.165) is 0 Å². The molecule has 0 saturated carbocycles. The average molecular weight is 1240 g/mol. The summed E-state index contributed by atoms with van der Waals surface area (Å²) >= 11 is 0. The summed E-state index contributed by atoms with van der Waals surface area (Å²) in [6.07, 6.45) is 0. The standard InChI is InChI=1S/N.6Tl/q-3;;;;3*+1. The normalized spacial score (nSPS) is 0. The zero-order valence-corrected chi connectivity index (χ0v) is 30.8. The van der Waals surface area contributed by atoms with Crippen molar-refractivity contribution in [3.63, 3.8) is 0 Å². The van der Waals surface area contributed by atoms with E-state index in [9.17, 15) is 0 Å². The summed E-state index contributed by atoms with van der Waals surface area (Å²) in [5.74, 6) is 0. The van der Waals surface area contributed by atoms with Crippen LogP contribution in [-0.4, -0.2) is 164 Å². The third-order valence-corrected chi connectivity index (χ3v) is 0. The van der Waals surface area contributed by atoms with Crippen LogP contribution in [0, 0.1) is 0 Å². The molecule has 0 aromatic rings. The second-order valence-electron chi connectivity index (χ2n) is 0. The summed E-state index contributed by atoms with van der Waals surface area (Å²) in [4.78, 5) is 0. The SMILES string of the molecule is [N-3].[Tl+].[Tl+].[Tl+].[Tl].[Tl].[Tl]. The van der Waals surface area contributed by atoms with Gasteiger partial charge in [-0.1, -0.05) is 0 Å². The van der Waals surface area contributed by atoms with Crippen LogP contribution in [0.2, 0.25) is 0 Å². The van der Waals surface area contributed by atoms with Gasteiger partial charge in [-0.2, -0.15) is 0 Å². The molecule has 0 saturated heterocycles. The van der Waals surface area contributed by atoms with E-state index in [0.29, 0.717) is 0 Å². The van der Waals surface area contributed by atoms with Crippen molar-refractivity contribution in [2.75, 3.05) is 0 Å². The first-order chi connectivity index (χ1) is 0. The molecule has 0 aromatic carbocycles. The van der Waals surface area contributed by atoms with Gasteiger partial charge in [0.25, 0.3) is 0 Å². The molecule has 0 spiro atoms. The van der Waals surface area contributed by atoms with Crippen molar-refractivity contribution in [1.29, 1.82) is 0 Å². The molecule has 7 heteroatoms. The minimum absolute atomic E-state index is 0. The monoisotopic (exact) mass is 1240 g/mol. The molecule has 0 aliphatic rings. The maximum Gasteiger partial charge on any atom is 1.00 e. The zero-order valence-electron chi connectivity index (χ0n) is 3.91. The molecule has 0 aliphatic carbocycles. The quantitative estimate of drug-likeness (QED) is 0.252. The van der Waals surface area contributed by atoms with Crippen molar-refractivity contribution in [1.82, 2.24) is 0 Å². The van der Waals surface area contributed by atoms with Gasteiger partial charge in [0, 0.05) is 81.9 Å². The van der Waals surface area contributed by atoms with Gasteiger partial charge < -0.3 is 6.15 Å². The van der Waals surface area contributed by atoms with Crippen LogP contribution in [0.1, 0.15) is 0 Å². The van der Waals surface area contributed by atoms with Gasteiger partial charge in [-0.3, -0.25) is 0 Å². The number of nitrogens with zero attached hydrogens (tertiary/aromatic N) is 1. The Kier molecular flexibility index (Phi) is 328. The van der Waals surface area contributed by atoms with E-state index < -0.39 is 0 Å². The molecule has 0 amide bonds. The van der Waals surface area contributed by atoms with Crippen LogP contribution in [0.3, 0.4) is 0 Å². The fourth-order valence-corrected chi connectivity index (χ4v) is 0. The first kappa shape index (κ1) is 54.7. The van der Waals surface area contributed by atoms with Gasteiger partial charge >= 0.3 is 81.9 Å². The summed E-state index contributed by atoms with van der Waals surface area (Å²) < 4.78 is 0. The van der Waals surface area contributed by atoms with E-state index in [1.54, 1.807) is 0 Å². The topological polar surface area (TPSA) is 30.5 Å². The first-order valence-electron chi connectivity index (χ1n) is 0. The second kappa shape index (κ2) is 41.9. The number of hydrogen-bond donors (Lipinski definition) is 0. The molecular formula is NTl6. The van der Waals surface area contributed by atoms with Crippen LogP contribution in [0.4, 0.5) is 0 Å². The van der Waals surface area contributed by atoms with E-state index in [2.05, 4.69) is 0 Å². The maximum absolute atomic E-state index is 0. The Balaban J connectivity index is 0. The van der Waals surface area contributed by atoms with Gasteiger partial charge in [-0.15, -0.1) is 0 Å². The Hall–Kier alpha value is 5.49. The Bertz CT molecular complexity index is 4.14. The fraction of sp³-hybridized carbons (Fsp3) is 0. The third kappa shape index (κ3) is 34.3. The van der Waals surface area contributed by atoms with E-state index in [1.165, 1.54) is 0 Å². The van der Waals surface area contributed by atoms with Crippen LogP contribution in [0.5, 0.6) is 0 Å². The first-order valence-corrected chi connectivity index (χ1v) is 0. The Morgan fingerprint density at radius 1 is 0.429 bits per heavy atom. The van der Waals surface area contributed by atoms with Crippen LogP contribution < -0.4 is 0 Å². The summed E-state index contributed by atoms with van der Waals surface area (Å²) in [6, 6.07) is 0. The second-order valence-corrected chi connectivity index (χ2v) is 0. The predicted molar refractivity (Wildman–Crippen MR) is 37.9 cm³/mol. The van der Waals surface area contributed by atoms with Gasteiger partial charge in [0.1, 0.15) is 0 Å². The molecule has 0 rings (SSSR count). The van der Waals surface area contributed by atoms with E-state index in [-0.39, 0.29) is 170 Å². The third-order valence-electron chi connectivity index (χ3n) is 0. The molecular weight excluding hydrogens is 1240 g/mol. The summed E-state index contributed by atoms with van der Waals surface area (Å²) in [6.45, 7) is 0. The van der Waals surface area contributed by atoms with Crippen molar-refractivity contribution in [2.45, 2.75) is 0 Å². The molecule has 0 N–H and O–H groups in total. The van der Waals surface area contributed by atoms with Crippen LogP contribution in [0.25, 0.3) is 6.15 Å².